The molecule has 0 saturated heterocycles. The van der Waals surface area contributed by atoms with Gasteiger partial charge in [0.1, 0.15) is 0 Å². The van der Waals surface area contributed by atoms with Crippen LogP contribution in [0.4, 0.5) is 0 Å². The minimum absolute atomic E-state index is 0.182. The molecule has 0 aromatic rings. The van der Waals surface area contributed by atoms with E-state index in [4.69, 9.17) is 10.2 Å². The van der Waals surface area contributed by atoms with Crippen molar-refractivity contribution in [2.45, 2.75) is 6.42 Å². The summed E-state index contributed by atoms with van der Waals surface area (Å²) in [5, 5.41) is 17.2. The van der Waals surface area contributed by atoms with Crippen LogP contribution in [0.3, 0.4) is 0 Å². The summed E-state index contributed by atoms with van der Waals surface area (Å²) in [7, 11) is 0. The number of carboxylic acid groups (broad SMARTS) is 2. The largest absolute Gasteiger partial charge is 0.480 e. The highest BCUT2D eigenvalue weighted by atomic mass is 127. The number of halogens is 1. The van der Waals surface area contributed by atoms with Gasteiger partial charge in [0.15, 0.2) is 5.41 Å². The molecule has 2 N–H and O–H groups in total. The summed E-state index contributed by atoms with van der Waals surface area (Å²) in [5.74, 6) is -2.59. The Morgan fingerprint density at radius 1 is 1.45 bits per heavy atom. The van der Waals surface area contributed by atoms with Gasteiger partial charge in [0.25, 0.3) is 0 Å². The zero-order chi connectivity index (χ0) is 8.65. The average molecular weight is 270 g/mol. The number of hydrogen-bond acceptors (Lipinski definition) is 2. The summed E-state index contributed by atoms with van der Waals surface area (Å²) < 4.78 is 0.594. The minimum atomic E-state index is -1.46. The summed E-state index contributed by atoms with van der Waals surface area (Å²) in [6.45, 7) is 0. The molecular formula is C6H7IO4. The van der Waals surface area contributed by atoms with Gasteiger partial charge in [-0.15, -0.1) is 0 Å². The van der Waals surface area contributed by atoms with Gasteiger partial charge in [-0.05, 0) is 12.3 Å². The molecule has 0 bridgehead atoms. The molecular weight excluding hydrogens is 263 g/mol. The van der Waals surface area contributed by atoms with E-state index in [-0.39, 0.29) is 12.3 Å². The van der Waals surface area contributed by atoms with Gasteiger partial charge in [0, 0.05) is 4.43 Å². The summed E-state index contributed by atoms with van der Waals surface area (Å²) >= 11 is 2.01. The average Bonchev–Trinajstić information content (AvgIpc) is 2.61. The van der Waals surface area contributed by atoms with Gasteiger partial charge in [-0.1, -0.05) is 22.6 Å². The predicted octanol–water partition coefficient (Wildman–Crippen LogP) is 0.597. The molecule has 0 aromatic heterocycles. The van der Waals surface area contributed by atoms with Crippen LogP contribution in [0.15, 0.2) is 0 Å². The second-order valence-electron chi connectivity index (χ2n) is 2.64. The fraction of sp³-hybridized carbons (Fsp3) is 0.667. The number of hydrogen-bond donors (Lipinski definition) is 2. The number of aliphatic carboxylic acids is 2. The van der Waals surface area contributed by atoms with E-state index in [0.29, 0.717) is 4.43 Å². The molecule has 0 aliphatic heterocycles. The quantitative estimate of drug-likeness (QED) is 0.447. The maximum absolute atomic E-state index is 10.5. The number of alkyl halides is 1. The van der Waals surface area contributed by atoms with Gasteiger partial charge in [0.05, 0.1) is 0 Å². The Morgan fingerprint density at radius 3 is 2.00 bits per heavy atom. The maximum Gasteiger partial charge on any atom is 0.321 e. The van der Waals surface area contributed by atoms with Crippen molar-refractivity contribution in [1.29, 1.82) is 0 Å². The molecule has 1 rings (SSSR count). The molecule has 0 spiro atoms. The Kier molecular flexibility index (Phi) is 2.08. The summed E-state index contributed by atoms with van der Waals surface area (Å²) in [4.78, 5) is 21.0. The monoisotopic (exact) mass is 270 g/mol. The van der Waals surface area contributed by atoms with E-state index in [2.05, 4.69) is 0 Å². The van der Waals surface area contributed by atoms with Crippen molar-refractivity contribution in [3.8, 4) is 0 Å². The van der Waals surface area contributed by atoms with Crippen LogP contribution in [0, 0.1) is 11.3 Å². The lowest BCUT2D eigenvalue weighted by Crippen LogP contribution is -2.27. The molecule has 1 unspecified atom stereocenters. The summed E-state index contributed by atoms with van der Waals surface area (Å²) in [6.07, 6.45) is 0.278. The van der Waals surface area contributed by atoms with Crippen LogP contribution < -0.4 is 0 Å². The van der Waals surface area contributed by atoms with Crippen LogP contribution in [0.25, 0.3) is 0 Å². The zero-order valence-corrected chi connectivity index (χ0v) is 7.74. The SMILES string of the molecule is O=C(O)C1(C(=O)O)CC1CI. The van der Waals surface area contributed by atoms with Crippen molar-refractivity contribution in [2.24, 2.45) is 11.3 Å². The standard InChI is InChI=1S/C6H7IO4/c7-2-3-1-6(3,4(8)9)5(10)11/h3H,1-2H2,(H,8,9)(H,10,11). The molecule has 0 aromatic carbocycles. The van der Waals surface area contributed by atoms with Gasteiger partial charge in [0.2, 0.25) is 0 Å². The molecule has 1 atom stereocenters. The summed E-state index contributed by atoms with van der Waals surface area (Å²) in [5.41, 5.74) is -1.46. The van der Waals surface area contributed by atoms with E-state index in [1.54, 1.807) is 0 Å². The molecule has 1 aliphatic rings. The lowest BCUT2D eigenvalue weighted by Gasteiger charge is -2.03. The van der Waals surface area contributed by atoms with Gasteiger partial charge < -0.3 is 10.2 Å². The summed E-state index contributed by atoms with van der Waals surface area (Å²) in [6, 6.07) is 0. The lowest BCUT2D eigenvalue weighted by molar-refractivity contribution is -0.157. The molecule has 11 heavy (non-hydrogen) atoms. The van der Waals surface area contributed by atoms with Crippen molar-refractivity contribution >= 4 is 34.5 Å². The molecule has 0 amide bonds. The number of carbonyl (C=O) groups is 2. The normalized spacial score (nSPS) is 26.1. The Morgan fingerprint density at radius 2 is 1.91 bits per heavy atom. The second-order valence-corrected chi connectivity index (χ2v) is 3.52. The zero-order valence-electron chi connectivity index (χ0n) is 5.58. The van der Waals surface area contributed by atoms with Crippen LogP contribution in [0.2, 0.25) is 0 Å². The third-order valence-corrected chi connectivity index (χ3v) is 3.12. The van der Waals surface area contributed by atoms with Crippen LogP contribution >= 0.6 is 22.6 Å². The fourth-order valence-corrected chi connectivity index (χ4v) is 2.19. The Labute approximate surface area is 76.7 Å². The van der Waals surface area contributed by atoms with E-state index in [9.17, 15) is 9.59 Å². The molecule has 62 valence electrons. The molecule has 0 heterocycles. The molecule has 1 saturated carbocycles. The smallest absolute Gasteiger partial charge is 0.321 e. The first-order valence-electron chi connectivity index (χ1n) is 3.08. The van der Waals surface area contributed by atoms with Gasteiger partial charge in [-0.3, -0.25) is 9.59 Å². The van der Waals surface area contributed by atoms with Crippen LogP contribution in [-0.4, -0.2) is 26.6 Å². The van der Waals surface area contributed by atoms with E-state index in [1.807, 2.05) is 22.6 Å². The van der Waals surface area contributed by atoms with Crippen LogP contribution in [0.1, 0.15) is 6.42 Å². The van der Waals surface area contributed by atoms with Gasteiger partial charge >= 0.3 is 11.9 Å². The van der Waals surface area contributed by atoms with Crippen molar-refractivity contribution in [3.05, 3.63) is 0 Å². The molecule has 4 nitrogen and oxygen atoms in total. The van der Waals surface area contributed by atoms with Crippen LogP contribution in [0.5, 0.6) is 0 Å². The van der Waals surface area contributed by atoms with Crippen molar-refractivity contribution in [2.75, 3.05) is 4.43 Å². The molecule has 0 radical (unpaired) electrons. The fourth-order valence-electron chi connectivity index (χ4n) is 1.13. The Bertz CT molecular complexity index is 199. The molecule has 1 fully saturated rings. The van der Waals surface area contributed by atoms with E-state index >= 15 is 0 Å². The third-order valence-electron chi connectivity index (χ3n) is 2.05. The molecule has 5 heteroatoms. The van der Waals surface area contributed by atoms with Crippen molar-refractivity contribution in [3.63, 3.8) is 0 Å². The maximum atomic E-state index is 10.5. The van der Waals surface area contributed by atoms with Gasteiger partial charge in [-0.25, -0.2) is 0 Å². The van der Waals surface area contributed by atoms with E-state index in [0.717, 1.165) is 0 Å². The minimum Gasteiger partial charge on any atom is -0.480 e. The predicted molar refractivity (Wildman–Crippen MR) is 44.7 cm³/mol. The van der Waals surface area contributed by atoms with Crippen molar-refractivity contribution in [1.82, 2.24) is 0 Å². The highest BCUT2D eigenvalue weighted by Gasteiger charge is 2.66. The Hall–Kier alpha value is -0.330. The van der Waals surface area contributed by atoms with Crippen molar-refractivity contribution < 1.29 is 19.8 Å². The lowest BCUT2D eigenvalue weighted by atomic mass is 10.1. The van der Waals surface area contributed by atoms with Crippen LogP contribution in [-0.2, 0) is 9.59 Å². The highest BCUT2D eigenvalue weighted by molar-refractivity contribution is 14.1. The molecule has 1 aliphatic carbocycles. The third kappa shape index (κ3) is 1.11. The topological polar surface area (TPSA) is 74.6 Å². The first-order valence-corrected chi connectivity index (χ1v) is 4.61. The first kappa shape index (κ1) is 8.76. The highest BCUT2D eigenvalue weighted by Crippen LogP contribution is 2.53. The number of rotatable bonds is 3. The first-order chi connectivity index (χ1) is 5.05. The van der Waals surface area contributed by atoms with Gasteiger partial charge in [-0.2, -0.15) is 0 Å². The second kappa shape index (κ2) is 2.62. The Balaban J connectivity index is 2.79. The number of carboxylic acids is 2. The van der Waals surface area contributed by atoms with E-state index in [1.165, 1.54) is 0 Å². The van der Waals surface area contributed by atoms with E-state index < -0.39 is 17.4 Å².